The Hall–Kier alpha value is -3.58. The molecule has 35 heavy (non-hydrogen) atoms. The second-order valence-electron chi connectivity index (χ2n) is 9.04. The van der Waals surface area contributed by atoms with Gasteiger partial charge in [0.2, 0.25) is 0 Å². The molecule has 1 aliphatic heterocycles. The highest BCUT2D eigenvalue weighted by Gasteiger charge is 2.36. The number of benzene rings is 2. The molecular formula is C28H26FN3O2S. The van der Waals surface area contributed by atoms with Crippen molar-refractivity contribution < 1.29 is 13.9 Å². The van der Waals surface area contributed by atoms with Gasteiger partial charge in [-0.3, -0.25) is 0 Å². The van der Waals surface area contributed by atoms with Gasteiger partial charge in [0, 0.05) is 22.3 Å². The maximum Gasteiger partial charge on any atom is 0.322 e. The number of thiophene rings is 1. The molecular weight excluding hydrogens is 461 g/mol. The van der Waals surface area contributed by atoms with Crippen molar-refractivity contribution in [3.63, 3.8) is 0 Å². The number of nitrogens with one attached hydrogen (secondary N) is 1. The van der Waals surface area contributed by atoms with E-state index < -0.39 is 0 Å². The van der Waals surface area contributed by atoms with Crippen molar-refractivity contribution in [1.29, 1.82) is 0 Å². The molecule has 5 nitrogen and oxygen atoms in total. The van der Waals surface area contributed by atoms with E-state index in [1.165, 1.54) is 46.0 Å². The summed E-state index contributed by atoms with van der Waals surface area (Å²) < 4.78 is 21.3. The number of carbonyl (C=O) groups is 1. The first-order valence-electron chi connectivity index (χ1n) is 11.9. The van der Waals surface area contributed by atoms with Gasteiger partial charge in [-0.1, -0.05) is 12.1 Å². The molecule has 2 amide bonds. The third-order valence-electron chi connectivity index (χ3n) is 6.97. The number of amides is 2. The highest BCUT2D eigenvalue weighted by atomic mass is 32.1. The molecule has 0 radical (unpaired) electrons. The topological polar surface area (TPSA) is 46.5 Å². The number of methoxy groups -OCH3 is 1. The van der Waals surface area contributed by atoms with Crippen molar-refractivity contribution in [3.05, 3.63) is 99.9 Å². The number of aromatic nitrogens is 1. The van der Waals surface area contributed by atoms with E-state index in [-0.39, 0.29) is 17.9 Å². The van der Waals surface area contributed by atoms with E-state index >= 15 is 0 Å². The van der Waals surface area contributed by atoms with E-state index in [1.807, 2.05) is 46.6 Å². The van der Waals surface area contributed by atoms with Gasteiger partial charge in [-0.05, 0) is 85.3 Å². The van der Waals surface area contributed by atoms with E-state index in [4.69, 9.17) is 4.74 Å². The lowest BCUT2D eigenvalue weighted by atomic mass is 9.95. The molecule has 2 aromatic carbocycles. The number of nitrogens with zero attached hydrogens (tertiary/aromatic N) is 2. The van der Waals surface area contributed by atoms with E-state index in [1.54, 1.807) is 19.2 Å². The molecule has 0 bridgehead atoms. The average Bonchev–Trinajstić information content (AvgIpc) is 3.47. The minimum Gasteiger partial charge on any atom is -0.497 e. The molecule has 0 spiro atoms. The van der Waals surface area contributed by atoms with Gasteiger partial charge >= 0.3 is 6.03 Å². The normalized spacial score (nSPS) is 16.6. The number of aryl methyl sites for hydroxylation is 1. The van der Waals surface area contributed by atoms with Gasteiger partial charge in [0.05, 0.1) is 25.4 Å². The summed E-state index contributed by atoms with van der Waals surface area (Å²) in [6.45, 7) is 0.493. The zero-order valence-corrected chi connectivity index (χ0v) is 20.3. The number of hydrogen-bond donors (Lipinski definition) is 1. The summed E-state index contributed by atoms with van der Waals surface area (Å²) in [6.07, 6.45) is 6.62. The second-order valence-corrected chi connectivity index (χ2v) is 10.1. The number of hydrogen-bond acceptors (Lipinski definition) is 3. The van der Waals surface area contributed by atoms with Crippen LogP contribution in [0.2, 0.25) is 0 Å². The Labute approximate surface area is 207 Å². The first-order valence-corrected chi connectivity index (χ1v) is 12.7. The molecule has 2 aliphatic rings. The van der Waals surface area contributed by atoms with Crippen LogP contribution in [0.15, 0.2) is 66.9 Å². The van der Waals surface area contributed by atoms with Gasteiger partial charge in [-0.25, -0.2) is 9.18 Å². The van der Waals surface area contributed by atoms with Crippen LogP contribution < -0.4 is 10.1 Å². The molecule has 6 rings (SSSR count). The predicted molar refractivity (Wildman–Crippen MR) is 136 cm³/mol. The van der Waals surface area contributed by atoms with E-state index in [0.29, 0.717) is 12.2 Å². The highest BCUT2D eigenvalue weighted by Crippen LogP contribution is 2.44. The summed E-state index contributed by atoms with van der Waals surface area (Å²) in [5.41, 5.74) is 5.20. The van der Waals surface area contributed by atoms with Crippen LogP contribution >= 0.6 is 11.3 Å². The van der Waals surface area contributed by atoms with Crippen LogP contribution in [-0.4, -0.2) is 22.6 Å². The van der Waals surface area contributed by atoms with Crippen LogP contribution in [0.3, 0.4) is 0 Å². The minimum atomic E-state index is -0.359. The van der Waals surface area contributed by atoms with Crippen molar-refractivity contribution in [2.75, 3.05) is 12.4 Å². The van der Waals surface area contributed by atoms with Crippen LogP contribution in [0, 0.1) is 5.82 Å². The van der Waals surface area contributed by atoms with Gasteiger partial charge in [0.15, 0.2) is 0 Å². The Kier molecular flexibility index (Phi) is 5.57. The molecule has 0 fully saturated rings. The van der Waals surface area contributed by atoms with Crippen LogP contribution in [0.5, 0.6) is 5.75 Å². The molecule has 4 aromatic rings. The maximum atomic E-state index is 13.9. The number of ether oxygens (including phenoxy) is 1. The zero-order valence-electron chi connectivity index (χ0n) is 19.5. The monoisotopic (exact) mass is 487 g/mol. The minimum absolute atomic E-state index is 0.194. The van der Waals surface area contributed by atoms with Crippen molar-refractivity contribution >= 4 is 23.1 Å². The first kappa shape index (κ1) is 21.9. The number of halogens is 1. The number of fused-ring (bicyclic) bond motifs is 5. The van der Waals surface area contributed by atoms with Crippen LogP contribution in [0.1, 0.15) is 46.1 Å². The average molecular weight is 488 g/mol. The van der Waals surface area contributed by atoms with Gasteiger partial charge in [0.25, 0.3) is 0 Å². The summed E-state index contributed by atoms with van der Waals surface area (Å²) in [5, 5.41) is 4.28. The maximum absolute atomic E-state index is 13.9. The van der Waals surface area contributed by atoms with Crippen molar-refractivity contribution in [2.45, 2.75) is 38.3 Å². The molecule has 0 saturated heterocycles. The summed E-state index contributed by atoms with van der Waals surface area (Å²) in [5.74, 6) is 0.439. The predicted octanol–water partition coefficient (Wildman–Crippen LogP) is 6.70. The molecule has 178 valence electrons. The van der Waals surface area contributed by atoms with Crippen LogP contribution in [0.25, 0.3) is 5.00 Å². The molecule has 7 heteroatoms. The quantitative estimate of drug-likeness (QED) is 0.349. The smallest absolute Gasteiger partial charge is 0.322 e. The lowest BCUT2D eigenvalue weighted by molar-refractivity contribution is 0.194. The molecule has 1 N–H and O–H groups in total. The summed E-state index contributed by atoms with van der Waals surface area (Å²) in [7, 11) is 1.62. The molecule has 1 atom stereocenters. The number of rotatable bonds is 3. The molecule has 1 aliphatic carbocycles. The SMILES string of the molecule is COc1ccc(NC(=O)N2Cc3c(sc4c3CCCC4)-n3cccc3[C@@H]2c2ccc(F)cc2)cc1. The molecule has 0 saturated carbocycles. The lowest BCUT2D eigenvalue weighted by Crippen LogP contribution is -2.38. The second kappa shape index (κ2) is 8.89. The fraction of sp³-hybridized carbons (Fsp3) is 0.250. The first-order chi connectivity index (χ1) is 17.1. The van der Waals surface area contributed by atoms with E-state index in [9.17, 15) is 9.18 Å². The number of anilines is 1. The molecule has 3 heterocycles. The van der Waals surface area contributed by atoms with Crippen LogP contribution in [0.4, 0.5) is 14.9 Å². The van der Waals surface area contributed by atoms with Crippen molar-refractivity contribution in [3.8, 4) is 10.8 Å². The van der Waals surface area contributed by atoms with Gasteiger partial charge in [-0.15, -0.1) is 11.3 Å². The third kappa shape index (κ3) is 3.90. The standard InChI is InChI=1S/C28H26FN3O2S/c1-34-21-14-12-20(13-15-21)30-28(33)32-17-23-22-5-2-3-7-25(22)35-27(23)31-16-4-6-24(31)26(32)18-8-10-19(29)11-9-18/h4,6,8-16,26H,2-3,5,7,17H2,1H3,(H,30,33)/t26-/m0/s1. The zero-order chi connectivity index (χ0) is 23.9. The molecule has 2 aromatic heterocycles. The number of urea groups is 1. The molecule has 0 unspecified atom stereocenters. The highest BCUT2D eigenvalue weighted by molar-refractivity contribution is 7.15. The Bertz CT molecular complexity index is 1370. The van der Waals surface area contributed by atoms with Crippen LogP contribution in [-0.2, 0) is 19.4 Å². The Morgan fingerprint density at radius 1 is 1.03 bits per heavy atom. The van der Waals surface area contributed by atoms with Crippen molar-refractivity contribution in [2.24, 2.45) is 0 Å². The third-order valence-corrected chi connectivity index (χ3v) is 8.30. The summed E-state index contributed by atoms with van der Waals surface area (Å²) in [4.78, 5) is 17.2. The van der Waals surface area contributed by atoms with E-state index in [0.717, 1.165) is 29.8 Å². The van der Waals surface area contributed by atoms with E-state index in [2.05, 4.69) is 22.1 Å². The van der Waals surface area contributed by atoms with Gasteiger partial charge < -0.3 is 19.5 Å². The Balaban J connectivity index is 1.46. The van der Waals surface area contributed by atoms with Crippen molar-refractivity contribution in [1.82, 2.24) is 9.47 Å². The largest absolute Gasteiger partial charge is 0.497 e. The van der Waals surface area contributed by atoms with Gasteiger partial charge in [-0.2, -0.15) is 0 Å². The summed E-state index contributed by atoms with van der Waals surface area (Å²) in [6, 6.07) is 17.3. The van der Waals surface area contributed by atoms with Gasteiger partial charge in [0.1, 0.15) is 16.6 Å². The Morgan fingerprint density at radius 3 is 2.57 bits per heavy atom. The summed E-state index contributed by atoms with van der Waals surface area (Å²) >= 11 is 1.85. The Morgan fingerprint density at radius 2 is 1.80 bits per heavy atom. The fourth-order valence-electron chi connectivity index (χ4n) is 5.25. The fourth-order valence-corrected chi connectivity index (χ4v) is 6.66. The number of carbonyl (C=O) groups excluding carboxylic acids is 1. The lowest BCUT2D eigenvalue weighted by Gasteiger charge is -2.31.